The number of ether oxygens (including phenoxy) is 1. The number of aromatic nitrogens is 1. The van der Waals surface area contributed by atoms with Crippen molar-refractivity contribution in [3.05, 3.63) is 21.8 Å². The maximum Gasteiger partial charge on any atom is 0.339 e. The fraction of sp³-hybridized carbons (Fsp3) is 0.400. The lowest BCUT2D eigenvalue weighted by atomic mass is 10.2. The van der Waals surface area contributed by atoms with Gasteiger partial charge in [0, 0.05) is 6.54 Å². The Morgan fingerprint density at radius 2 is 2.18 bits per heavy atom. The molecule has 1 rings (SSSR count). The number of pyridine rings is 1. The molecule has 0 radical (unpaired) electrons. The van der Waals surface area contributed by atoms with E-state index in [0.29, 0.717) is 13.2 Å². The zero-order valence-corrected chi connectivity index (χ0v) is 10.9. The van der Waals surface area contributed by atoms with Gasteiger partial charge in [0.05, 0.1) is 11.2 Å². The minimum atomic E-state index is -1.21. The second-order valence-corrected chi connectivity index (χ2v) is 4.34. The van der Waals surface area contributed by atoms with Crippen LogP contribution in [-0.4, -0.2) is 48.2 Å². The van der Waals surface area contributed by atoms with E-state index in [2.05, 4.69) is 4.98 Å². The summed E-state index contributed by atoms with van der Waals surface area (Å²) >= 11 is 11.5. The second-order valence-electron chi connectivity index (χ2n) is 3.56. The van der Waals surface area contributed by atoms with E-state index in [4.69, 9.17) is 33.0 Å². The van der Waals surface area contributed by atoms with E-state index in [1.54, 1.807) is 0 Å². The van der Waals surface area contributed by atoms with Gasteiger partial charge in [-0.2, -0.15) is 0 Å². The number of carbonyl (C=O) groups is 1. The minimum Gasteiger partial charge on any atom is -0.478 e. The zero-order valence-electron chi connectivity index (χ0n) is 9.41. The maximum absolute atomic E-state index is 10.9. The predicted octanol–water partition coefficient (Wildman–Crippen LogP) is 2.03. The van der Waals surface area contributed by atoms with Gasteiger partial charge in [-0.05, 0) is 14.1 Å². The predicted molar refractivity (Wildman–Crippen MR) is 65.3 cm³/mol. The van der Waals surface area contributed by atoms with E-state index in [1.807, 2.05) is 19.0 Å². The number of nitrogens with zero attached hydrogens (tertiary/aromatic N) is 2. The Morgan fingerprint density at radius 3 is 2.71 bits per heavy atom. The molecule has 0 saturated carbocycles. The third-order valence-corrected chi connectivity index (χ3v) is 2.57. The number of carboxylic acid groups (broad SMARTS) is 1. The molecule has 5 nitrogen and oxygen atoms in total. The summed E-state index contributed by atoms with van der Waals surface area (Å²) in [5.41, 5.74) is -0.191. The van der Waals surface area contributed by atoms with Gasteiger partial charge in [-0.25, -0.2) is 9.78 Å². The molecule has 0 bridgehead atoms. The molecular formula is C10H12Cl2N2O3. The monoisotopic (exact) mass is 278 g/mol. The van der Waals surface area contributed by atoms with Crippen molar-refractivity contribution in [1.82, 2.24) is 9.88 Å². The molecule has 94 valence electrons. The van der Waals surface area contributed by atoms with Crippen LogP contribution in [0.1, 0.15) is 10.4 Å². The normalized spacial score (nSPS) is 10.6. The van der Waals surface area contributed by atoms with Gasteiger partial charge in [-0.3, -0.25) is 0 Å². The standard InChI is InChI=1S/C10H12Cl2N2O3/c1-14(2)3-4-17-9-8(12)7(10(15)16)6(11)5-13-9/h5H,3-4H2,1-2H3,(H,15,16). The molecule has 0 unspecified atom stereocenters. The number of hydrogen-bond donors (Lipinski definition) is 1. The van der Waals surface area contributed by atoms with Crippen LogP contribution in [0.2, 0.25) is 10.0 Å². The molecule has 0 aliphatic rings. The Balaban J connectivity index is 2.87. The summed E-state index contributed by atoms with van der Waals surface area (Å²) in [6.07, 6.45) is 1.21. The minimum absolute atomic E-state index is 0.0116. The number of hydrogen-bond acceptors (Lipinski definition) is 4. The Labute approximate surface area is 109 Å². The summed E-state index contributed by atoms with van der Waals surface area (Å²) < 4.78 is 5.29. The first-order chi connectivity index (χ1) is 7.93. The number of aromatic carboxylic acids is 1. The lowest BCUT2D eigenvalue weighted by Crippen LogP contribution is -2.20. The quantitative estimate of drug-likeness (QED) is 0.893. The lowest BCUT2D eigenvalue weighted by Gasteiger charge is -2.12. The summed E-state index contributed by atoms with van der Waals surface area (Å²) in [6.45, 7) is 1.03. The molecule has 7 heteroatoms. The Hall–Kier alpha value is -1.04. The number of carboxylic acids is 1. The summed E-state index contributed by atoms with van der Waals surface area (Å²) in [5.74, 6) is -1.13. The average molecular weight is 279 g/mol. The van der Waals surface area contributed by atoms with Crippen LogP contribution in [0, 0.1) is 0 Å². The average Bonchev–Trinajstić information content (AvgIpc) is 2.20. The van der Waals surface area contributed by atoms with E-state index >= 15 is 0 Å². The summed E-state index contributed by atoms with van der Waals surface area (Å²) in [5, 5.41) is 8.83. The van der Waals surface area contributed by atoms with Crippen molar-refractivity contribution in [3.63, 3.8) is 0 Å². The molecule has 0 saturated heterocycles. The van der Waals surface area contributed by atoms with E-state index in [1.165, 1.54) is 6.20 Å². The molecule has 1 aromatic heterocycles. The molecular weight excluding hydrogens is 267 g/mol. The van der Waals surface area contributed by atoms with E-state index < -0.39 is 5.97 Å². The largest absolute Gasteiger partial charge is 0.478 e. The van der Waals surface area contributed by atoms with Crippen molar-refractivity contribution < 1.29 is 14.6 Å². The first-order valence-corrected chi connectivity index (χ1v) is 5.54. The number of rotatable bonds is 5. The molecule has 0 fully saturated rings. The van der Waals surface area contributed by atoms with Crippen molar-refractivity contribution >= 4 is 29.2 Å². The van der Waals surface area contributed by atoms with Gasteiger partial charge in [-0.15, -0.1) is 0 Å². The molecule has 0 amide bonds. The van der Waals surface area contributed by atoms with Crippen LogP contribution in [0.15, 0.2) is 6.20 Å². The van der Waals surface area contributed by atoms with Crippen LogP contribution in [-0.2, 0) is 0 Å². The fourth-order valence-corrected chi connectivity index (χ4v) is 1.63. The Bertz CT molecular complexity index is 424. The fourth-order valence-electron chi connectivity index (χ4n) is 1.07. The third-order valence-electron chi connectivity index (χ3n) is 1.93. The Kier molecular flexibility index (Phi) is 4.99. The summed E-state index contributed by atoms with van der Waals surface area (Å²) in [4.78, 5) is 16.7. The highest BCUT2D eigenvalue weighted by molar-refractivity contribution is 6.39. The summed E-state index contributed by atoms with van der Waals surface area (Å²) in [6, 6.07) is 0. The van der Waals surface area contributed by atoms with Crippen molar-refractivity contribution in [2.24, 2.45) is 0 Å². The molecule has 1 aromatic rings. The van der Waals surface area contributed by atoms with Gasteiger partial charge < -0.3 is 14.7 Å². The highest BCUT2D eigenvalue weighted by Gasteiger charge is 2.19. The second kappa shape index (κ2) is 6.05. The molecule has 0 atom stereocenters. The molecule has 1 N–H and O–H groups in total. The molecule has 1 heterocycles. The van der Waals surface area contributed by atoms with Crippen LogP contribution in [0.3, 0.4) is 0 Å². The van der Waals surface area contributed by atoms with Gasteiger partial charge in [0.1, 0.15) is 17.2 Å². The van der Waals surface area contributed by atoms with Crippen LogP contribution in [0.5, 0.6) is 5.88 Å². The zero-order chi connectivity index (χ0) is 13.0. The summed E-state index contributed by atoms with van der Waals surface area (Å²) in [7, 11) is 3.78. The molecule has 0 aliphatic heterocycles. The van der Waals surface area contributed by atoms with Gasteiger partial charge >= 0.3 is 5.97 Å². The van der Waals surface area contributed by atoms with Crippen LogP contribution in [0.25, 0.3) is 0 Å². The van der Waals surface area contributed by atoms with Gasteiger partial charge in [0.2, 0.25) is 5.88 Å². The van der Waals surface area contributed by atoms with Crippen LogP contribution < -0.4 is 4.74 Å². The molecule has 0 spiro atoms. The van der Waals surface area contributed by atoms with Crippen LogP contribution >= 0.6 is 23.2 Å². The third kappa shape index (κ3) is 3.73. The number of halogens is 2. The lowest BCUT2D eigenvalue weighted by molar-refractivity contribution is 0.0696. The first kappa shape index (κ1) is 14.0. The van der Waals surface area contributed by atoms with Crippen molar-refractivity contribution in [2.75, 3.05) is 27.2 Å². The van der Waals surface area contributed by atoms with Crippen LogP contribution in [0.4, 0.5) is 0 Å². The highest BCUT2D eigenvalue weighted by Crippen LogP contribution is 2.30. The Morgan fingerprint density at radius 1 is 1.53 bits per heavy atom. The SMILES string of the molecule is CN(C)CCOc1ncc(Cl)c(C(=O)O)c1Cl. The molecule has 0 aromatic carbocycles. The smallest absolute Gasteiger partial charge is 0.339 e. The van der Waals surface area contributed by atoms with Gasteiger partial charge in [-0.1, -0.05) is 23.2 Å². The first-order valence-electron chi connectivity index (χ1n) is 4.78. The van der Waals surface area contributed by atoms with Gasteiger partial charge in [0.25, 0.3) is 0 Å². The highest BCUT2D eigenvalue weighted by atomic mass is 35.5. The van der Waals surface area contributed by atoms with Crippen molar-refractivity contribution in [2.45, 2.75) is 0 Å². The molecule has 0 aliphatic carbocycles. The van der Waals surface area contributed by atoms with Gasteiger partial charge in [0.15, 0.2) is 0 Å². The van der Waals surface area contributed by atoms with E-state index in [-0.39, 0.29) is 21.5 Å². The number of likely N-dealkylation sites (N-methyl/N-ethyl adjacent to an activating group) is 1. The van der Waals surface area contributed by atoms with Crippen molar-refractivity contribution in [1.29, 1.82) is 0 Å². The van der Waals surface area contributed by atoms with E-state index in [9.17, 15) is 4.79 Å². The molecule has 17 heavy (non-hydrogen) atoms. The maximum atomic E-state index is 10.9. The topological polar surface area (TPSA) is 62.7 Å². The van der Waals surface area contributed by atoms with E-state index in [0.717, 1.165) is 0 Å². The van der Waals surface area contributed by atoms with Crippen molar-refractivity contribution in [3.8, 4) is 5.88 Å².